The molecule has 1 saturated heterocycles. The summed E-state index contributed by atoms with van der Waals surface area (Å²) in [5.41, 5.74) is 4.01. The molecule has 2 aromatic heterocycles. The number of hydrogen-bond donors (Lipinski definition) is 0. The third-order valence-corrected chi connectivity index (χ3v) is 7.20. The first-order valence-electron chi connectivity index (χ1n) is 10.6. The molecule has 0 radical (unpaired) electrons. The van der Waals surface area contributed by atoms with Crippen LogP contribution in [0.5, 0.6) is 0 Å². The molecule has 0 bridgehead atoms. The van der Waals surface area contributed by atoms with Gasteiger partial charge in [-0.3, -0.25) is 14.5 Å². The molecule has 0 aliphatic carbocycles. The van der Waals surface area contributed by atoms with Crippen LogP contribution in [0.2, 0.25) is 5.02 Å². The lowest BCUT2D eigenvalue weighted by molar-refractivity contribution is 0.319. The molecule has 0 N–H and O–H groups in total. The maximum absolute atomic E-state index is 6.69. The summed E-state index contributed by atoms with van der Waals surface area (Å²) in [7, 11) is 0. The Hall–Kier alpha value is -2.41. The zero-order valence-corrected chi connectivity index (χ0v) is 19.0. The van der Waals surface area contributed by atoms with E-state index in [2.05, 4.69) is 56.9 Å². The van der Waals surface area contributed by atoms with E-state index in [1.165, 1.54) is 12.8 Å². The predicted molar refractivity (Wildman–Crippen MR) is 127 cm³/mol. The lowest BCUT2D eigenvalue weighted by atomic mass is 10.1. The topological polar surface area (TPSA) is 46.8 Å². The fourth-order valence-corrected chi connectivity index (χ4v) is 5.32. The van der Waals surface area contributed by atoms with Crippen LogP contribution in [0.1, 0.15) is 29.9 Å². The van der Waals surface area contributed by atoms with Crippen LogP contribution in [0.15, 0.2) is 59.8 Å². The van der Waals surface area contributed by atoms with Crippen molar-refractivity contribution in [3.05, 3.63) is 76.7 Å². The lowest BCUT2D eigenvalue weighted by Gasteiger charge is -2.16. The zero-order chi connectivity index (χ0) is 21.2. The van der Waals surface area contributed by atoms with Crippen LogP contribution in [0.3, 0.4) is 0 Å². The van der Waals surface area contributed by atoms with Crippen molar-refractivity contribution < 1.29 is 0 Å². The average Bonchev–Trinajstić information content (AvgIpc) is 3.46. The molecule has 5 nitrogen and oxygen atoms in total. The number of hydrogen-bond acceptors (Lipinski definition) is 5. The van der Waals surface area contributed by atoms with Gasteiger partial charge in [-0.05, 0) is 56.6 Å². The SMILES string of the molecule is Cc1c(Cl)c(CSc2nnc(CN3CCCC3)n2-c2ccccc2)nc2ccccc12. The molecule has 1 aliphatic heterocycles. The van der Waals surface area contributed by atoms with E-state index < -0.39 is 0 Å². The molecule has 158 valence electrons. The van der Waals surface area contributed by atoms with E-state index in [-0.39, 0.29) is 0 Å². The van der Waals surface area contributed by atoms with Gasteiger partial charge in [0.2, 0.25) is 0 Å². The van der Waals surface area contributed by atoms with Gasteiger partial charge in [-0.2, -0.15) is 0 Å². The normalized spacial score (nSPS) is 14.5. The standard InChI is InChI=1S/C24H24ClN5S/c1-17-19-11-5-6-12-20(19)26-21(23(17)25)16-31-24-28-27-22(15-29-13-7-8-14-29)30(24)18-9-3-2-4-10-18/h2-6,9-12H,7-8,13-16H2,1H3. The summed E-state index contributed by atoms with van der Waals surface area (Å²) in [6.45, 7) is 5.12. The number of fused-ring (bicyclic) bond motifs is 1. The highest BCUT2D eigenvalue weighted by atomic mass is 35.5. The van der Waals surface area contributed by atoms with Crippen LogP contribution < -0.4 is 0 Å². The lowest BCUT2D eigenvalue weighted by Crippen LogP contribution is -2.21. The Morgan fingerprint density at radius 3 is 2.52 bits per heavy atom. The quantitative estimate of drug-likeness (QED) is 0.355. The Labute approximate surface area is 191 Å². The molecule has 7 heteroatoms. The molecule has 0 atom stereocenters. The fraction of sp³-hybridized carbons (Fsp3) is 0.292. The van der Waals surface area contributed by atoms with Gasteiger partial charge in [0.1, 0.15) is 0 Å². The van der Waals surface area contributed by atoms with Crippen molar-refractivity contribution in [2.24, 2.45) is 0 Å². The van der Waals surface area contributed by atoms with Crippen LogP contribution in [-0.4, -0.2) is 37.7 Å². The van der Waals surface area contributed by atoms with Crippen molar-refractivity contribution in [1.82, 2.24) is 24.6 Å². The second-order valence-electron chi connectivity index (χ2n) is 7.86. The van der Waals surface area contributed by atoms with Gasteiger partial charge in [0.25, 0.3) is 0 Å². The van der Waals surface area contributed by atoms with Gasteiger partial charge in [0.05, 0.1) is 22.8 Å². The molecule has 1 aliphatic rings. The van der Waals surface area contributed by atoms with Gasteiger partial charge < -0.3 is 0 Å². The first-order chi connectivity index (χ1) is 15.2. The van der Waals surface area contributed by atoms with E-state index in [1.54, 1.807) is 11.8 Å². The molecule has 2 aromatic carbocycles. The van der Waals surface area contributed by atoms with Crippen LogP contribution in [0.4, 0.5) is 0 Å². The summed E-state index contributed by atoms with van der Waals surface area (Å²) in [4.78, 5) is 7.27. The Bertz CT molecular complexity index is 1200. The Morgan fingerprint density at radius 2 is 1.71 bits per heavy atom. The van der Waals surface area contributed by atoms with Gasteiger partial charge in [-0.15, -0.1) is 10.2 Å². The third-order valence-electron chi connectivity index (χ3n) is 5.76. The van der Waals surface area contributed by atoms with Crippen LogP contribution >= 0.6 is 23.4 Å². The van der Waals surface area contributed by atoms with Crippen LogP contribution in [-0.2, 0) is 12.3 Å². The number of benzene rings is 2. The molecule has 4 aromatic rings. The van der Waals surface area contributed by atoms with Crippen molar-refractivity contribution >= 4 is 34.3 Å². The number of thioether (sulfide) groups is 1. The van der Waals surface area contributed by atoms with E-state index >= 15 is 0 Å². The largest absolute Gasteiger partial charge is 0.296 e. The number of aromatic nitrogens is 4. The van der Waals surface area contributed by atoms with Crippen molar-refractivity contribution in [3.8, 4) is 5.69 Å². The minimum absolute atomic E-state index is 0.638. The highest BCUT2D eigenvalue weighted by Gasteiger charge is 2.20. The molecule has 3 heterocycles. The summed E-state index contributed by atoms with van der Waals surface area (Å²) in [5, 5.41) is 11.8. The Kier molecular flexibility index (Phi) is 5.94. The maximum atomic E-state index is 6.69. The maximum Gasteiger partial charge on any atom is 0.196 e. The number of aryl methyl sites for hydroxylation is 1. The fourth-order valence-electron chi connectivity index (χ4n) is 4.12. The van der Waals surface area contributed by atoms with Crippen molar-refractivity contribution in [3.63, 3.8) is 0 Å². The van der Waals surface area contributed by atoms with Crippen LogP contribution in [0, 0.1) is 6.92 Å². The zero-order valence-electron chi connectivity index (χ0n) is 17.5. The molecule has 0 amide bonds. The Balaban J connectivity index is 1.46. The van der Waals surface area contributed by atoms with Crippen molar-refractivity contribution in [2.75, 3.05) is 13.1 Å². The van der Waals surface area contributed by atoms with E-state index in [0.29, 0.717) is 5.75 Å². The molecular weight excluding hydrogens is 426 g/mol. The van der Waals surface area contributed by atoms with Crippen molar-refractivity contribution in [2.45, 2.75) is 37.2 Å². The molecule has 0 unspecified atom stereocenters. The monoisotopic (exact) mass is 449 g/mol. The van der Waals surface area contributed by atoms with Gasteiger partial charge in [-0.25, -0.2) is 0 Å². The molecule has 31 heavy (non-hydrogen) atoms. The summed E-state index contributed by atoms with van der Waals surface area (Å²) < 4.78 is 2.17. The summed E-state index contributed by atoms with van der Waals surface area (Å²) >= 11 is 8.32. The summed E-state index contributed by atoms with van der Waals surface area (Å²) in [6.07, 6.45) is 2.51. The van der Waals surface area contributed by atoms with E-state index in [1.807, 2.05) is 24.3 Å². The number of likely N-dealkylation sites (tertiary alicyclic amines) is 1. The summed E-state index contributed by atoms with van der Waals surface area (Å²) in [6, 6.07) is 18.5. The average molecular weight is 450 g/mol. The van der Waals surface area contributed by atoms with E-state index in [9.17, 15) is 0 Å². The number of nitrogens with zero attached hydrogens (tertiary/aromatic N) is 5. The first-order valence-corrected chi connectivity index (χ1v) is 12.0. The smallest absolute Gasteiger partial charge is 0.196 e. The van der Waals surface area contributed by atoms with Crippen LogP contribution in [0.25, 0.3) is 16.6 Å². The number of rotatable bonds is 6. The minimum Gasteiger partial charge on any atom is -0.296 e. The van der Waals surface area contributed by atoms with Gasteiger partial charge >= 0.3 is 0 Å². The van der Waals surface area contributed by atoms with Crippen molar-refractivity contribution in [1.29, 1.82) is 0 Å². The third kappa shape index (κ3) is 4.20. The first kappa shape index (κ1) is 20.5. The van der Waals surface area contributed by atoms with E-state index in [0.717, 1.165) is 63.5 Å². The molecule has 5 rings (SSSR count). The highest BCUT2D eigenvalue weighted by Crippen LogP contribution is 2.32. The summed E-state index contributed by atoms with van der Waals surface area (Å²) in [5.74, 6) is 1.61. The van der Waals surface area contributed by atoms with Gasteiger partial charge in [-0.1, -0.05) is 59.8 Å². The highest BCUT2D eigenvalue weighted by molar-refractivity contribution is 7.98. The minimum atomic E-state index is 0.638. The Morgan fingerprint density at radius 1 is 0.968 bits per heavy atom. The number of para-hydroxylation sites is 2. The molecule has 1 fully saturated rings. The predicted octanol–water partition coefficient (Wildman–Crippen LogP) is 5.67. The van der Waals surface area contributed by atoms with E-state index in [4.69, 9.17) is 16.6 Å². The second kappa shape index (κ2) is 8.99. The molecule has 0 spiro atoms. The molecule has 0 saturated carbocycles. The number of pyridine rings is 1. The molecular formula is C24H24ClN5S. The van der Waals surface area contributed by atoms with Gasteiger partial charge in [0, 0.05) is 16.8 Å². The second-order valence-corrected chi connectivity index (χ2v) is 9.18. The van der Waals surface area contributed by atoms with Gasteiger partial charge in [0.15, 0.2) is 11.0 Å². The number of halogens is 1.